The lowest BCUT2D eigenvalue weighted by Crippen LogP contribution is -2.27. The summed E-state index contributed by atoms with van der Waals surface area (Å²) < 4.78 is 2.10. The first-order valence-electron chi connectivity index (χ1n) is 11.8. The number of nitrogens with two attached hydrogens (primary N) is 2. The monoisotopic (exact) mass is 441 g/mol. The summed E-state index contributed by atoms with van der Waals surface area (Å²) in [6.07, 6.45) is 13.7. The van der Waals surface area contributed by atoms with Gasteiger partial charge in [0.05, 0.1) is 23.3 Å². The summed E-state index contributed by atoms with van der Waals surface area (Å²) in [4.78, 5) is 18.8. The Hall–Kier alpha value is -3.16. The number of nitrogens with zero attached hydrogens (tertiary/aromatic N) is 5. The number of hydrogen-bond acceptors (Lipinski definition) is 6. The van der Waals surface area contributed by atoms with E-state index in [9.17, 15) is 0 Å². The summed E-state index contributed by atoms with van der Waals surface area (Å²) in [7, 11) is 0. The zero-order valence-corrected chi connectivity index (χ0v) is 18.8. The molecular formula is C26H31N7. The summed E-state index contributed by atoms with van der Waals surface area (Å²) in [6, 6.07) is 12.6. The zero-order valence-electron chi connectivity index (χ0n) is 18.8. The van der Waals surface area contributed by atoms with Crippen molar-refractivity contribution in [1.82, 2.24) is 24.3 Å². The Morgan fingerprint density at radius 2 is 1.79 bits per heavy atom. The second kappa shape index (κ2) is 9.77. The number of rotatable bonds is 7. The molecule has 0 aliphatic heterocycles. The van der Waals surface area contributed by atoms with Gasteiger partial charge in [-0.05, 0) is 56.2 Å². The Balaban J connectivity index is 1.39. The predicted molar refractivity (Wildman–Crippen MR) is 130 cm³/mol. The largest absolute Gasteiger partial charge is 0.330 e. The van der Waals surface area contributed by atoms with Gasteiger partial charge in [0.1, 0.15) is 5.82 Å². The number of imidazole rings is 1. The third-order valence-corrected chi connectivity index (χ3v) is 6.83. The van der Waals surface area contributed by atoms with Gasteiger partial charge in [0.15, 0.2) is 5.65 Å². The van der Waals surface area contributed by atoms with Gasteiger partial charge in [-0.25, -0.2) is 15.0 Å². The molecule has 1 aliphatic carbocycles. The molecule has 7 nitrogen and oxygen atoms in total. The normalized spacial score (nSPS) is 19.6. The van der Waals surface area contributed by atoms with E-state index in [0.717, 1.165) is 60.7 Å². The minimum absolute atomic E-state index is 0.183. The van der Waals surface area contributed by atoms with Crippen LogP contribution in [0, 0.1) is 5.92 Å². The van der Waals surface area contributed by atoms with Crippen LogP contribution < -0.4 is 11.5 Å². The van der Waals surface area contributed by atoms with Crippen molar-refractivity contribution >= 4 is 5.65 Å². The van der Waals surface area contributed by atoms with E-state index in [4.69, 9.17) is 21.4 Å². The second-order valence-electron chi connectivity index (χ2n) is 9.10. The van der Waals surface area contributed by atoms with Crippen LogP contribution in [0.1, 0.15) is 48.7 Å². The van der Waals surface area contributed by atoms with E-state index in [0.29, 0.717) is 24.9 Å². The van der Waals surface area contributed by atoms with E-state index >= 15 is 0 Å². The summed E-state index contributed by atoms with van der Waals surface area (Å²) >= 11 is 0. The Kier molecular flexibility index (Phi) is 6.41. The zero-order chi connectivity index (χ0) is 22.6. The van der Waals surface area contributed by atoms with E-state index < -0.39 is 0 Å². The molecule has 33 heavy (non-hydrogen) atoms. The molecule has 5 rings (SSSR count). The van der Waals surface area contributed by atoms with Crippen LogP contribution in [0.25, 0.3) is 17.0 Å². The van der Waals surface area contributed by atoms with Gasteiger partial charge in [-0.1, -0.05) is 30.3 Å². The topological polar surface area (TPSA) is 108 Å². The van der Waals surface area contributed by atoms with Crippen molar-refractivity contribution in [2.24, 2.45) is 17.4 Å². The molecule has 4 aromatic rings. The first kappa shape index (κ1) is 21.7. The number of fused-ring (bicyclic) bond motifs is 1. The van der Waals surface area contributed by atoms with Gasteiger partial charge in [0, 0.05) is 37.0 Å². The highest BCUT2D eigenvalue weighted by Crippen LogP contribution is 2.28. The molecular weight excluding hydrogens is 410 g/mol. The Morgan fingerprint density at radius 3 is 2.58 bits per heavy atom. The van der Waals surface area contributed by atoms with E-state index in [1.165, 1.54) is 5.56 Å². The highest BCUT2D eigenvalue weighted by molar-refractivity contribution is 5.61. The van der Waals surface area contributed by atoms with Crippen LogP contribution in [-0.4, -0.2) is 36.9 Å². The van der Waals surface area contributed by atoms with Crippen LogP contribution in [0.3, 0.4) is 0 Å². The maximum atomic E-state index is 6.08. The van der Waals surface area contributed by atoms with Crippen LogP contribution in [0.5, 0.6) is 0 Å². The Bertz CT molecular complexity index is 1200. The lowest BCUT2D eigenvalue weighted by atomic mass is 9.84. The molecule has 0 radical (unpaired) electrons. The highest BCUT2D eigenvalue weighted by Gasteiger charge is 2.21. The minimum Gasteiger partial charge on any atom is -0.330 e. The van der Waals surface area contributed by atoms with Crippen LogP contribution in [0.15, 0.2) is 61.2 Å². The average Bonchev–Trinajstić information content (AvgIpc) is 3.30. The fourth-order valence-corrected chi connectivity index (χ4v) is 4.90. The SMILES string of the molecule is NCC(Cc1nccc(-c2cnc3c(CC4CCC(N)CC4)nccn23)n1)c1ccccc1. The van der Waals surface area contributed by atoms with Crippen molar-refractivity contribution in [3.8, 4) is 11.4 Å². The second-order valence-corrected chi connectivity index (χ2v) is 9.10. The molecule has 1 fully saturated rings. The first-order valence-corrected chi connectivity index (χ1v) is 11.8. The number of aromatic nitrogens is 5. The molecule has 0 saturated heterocycles. The molecule has 4 N–H and O–H groups in total. The van der Waals surface area contributed by atoms with Gasteiger partial charge in [0.2, 0.25) is 0 Å². The van der Waals surface area contributed by atoms with Crippen LogP contribution >= 0.6 is 0 Å². The predicted octanol–water partition coefficient (Wildman–Crippen LogP) is 3.53. The Morgan fingerprint density at radius 1 is 0.970 bits per heavy atom. The lowest BCUT2D eigenvalue weighted by molar-refractivity contribution is 0.323. The van der Waals surface area contributed by atoms with Crippen LogP contribution in [0.4, 0.5) is 0 Å². The van der Waals surface area contributed by atoms with Crippen molar-refractivity contribution < 1.29 is 0 Å². The van der Waals surface area contributed by atoms with Crippen molar-refractivity contribution in [3.05, 3.63) is 78.3 Å². The summed E-state index contributed by atoms with van der Waals surface area (Å²) in [5.74, 6) is 1.60. The number of benzene rings is 1. The Labute approximate surface area is 194 Å². The van der Waals surface area contributed by atoms with Crippen molar-refractivity contribution in [3.63, 3.8) is 0 Å². The molecule has 7 heteroatoms. The maximum absolute atomic E-state index is 6.08. The van der Waals surface area contributed by atoms with Crippen LogP contribution in [-0.2, 0) is 12.8 Å². The quantitative estimate of drug-likeness (QED) is 0.454. The molecule has 3 heterocycles. The molecule has 1 saturated carbocycles. The molecule has 3 aromatic heterocycles. The van der Waals surface area contributed by atoms with Gasteiger partial charge in [-0.2, -0.15) is 0 Å². The molecule has 1 aliphatic rings. The molecule has 0 spiro atoms. The van der Waals surface area contributed by atoms with E-state index in [-0.39, 0.29) is 5.92 Å². The third kappa shape index (κ3) is 4.79. The van der Waals surface area contributed by atoms with Gasteiger partial charge < -0.3 is 11.5 Å². The summed E-state index contributed by atoms with van der Waals surface area (Å²) in [6.45, 7) is 0.550. The van der Waals surface area contributed by atoms with Crippen molar-refractivity contribution in [2.45, 2.75) is 50.5 Å². The summed E-state index contributed by atoms with van der Waals surface area (Å²) in [5.41, 5.74) is 17.1. The van der Waals surface area contributed by atoms with Gasteiger partial charge in [-0.15, -0.1) is 0 Å². The molecule has 1 unspecified atom stereocenters. The fraction of sp³-hybridized carbons (Fsp3) is 0.385. The molecule has 0 bridgehead atoms. The smallest absolute Gasteiger partial charge is 0.159 e. The van der Waals surface area contributed by atoms with Crippen LogP contribution in [0.2, 0.25) is 0 Å². The maximum Gasteiger partial charge on any atom is 0.159 e. The highest BCUT2D eigenvalue weighted by atomic mass is 15.0. The summed E-state index contributed by atoms with van der Waals surface area (Å²) in [5, 5.41) is 0. The fourth-order valence-electron chi connectivity index (χ4n) is 4.90. The lowest BCUT2D eigenvalue weighted by Gasteiger charge is -2.25. The first-order chi connectivity index (χ1) is 16.2. The molecule has 1 aromatic carbocycles. The van der Waals surface area contributed by atoms with Gasteiger partial charge in [-0.3, -0.25) is 9.38 Å². The van der Waals surface area contributed by atoms with E-state index in [1.54, 1.807) is 0 Å². The molecule has 170 valence electrons. The average molecular weight is 442 g/mol. The number of hydrogen-bond donors (Lipinski definition) is 2. The van der Waals surface area contributed by atoms with Crippen molar-refractivity contribution in [1.29, 1.82) is 0 Å². The van der Waals surface area contributed by atoms with Gasteiger partial charge >= 0.3 is 0 Å². The van der Waals surface area contributed by atoms with E-state index in [1.807, 2.05) is 49.1 Å². The van der Waals surface area contributed by atoms with E-state index in [2.05, 4.69) is 26.5 Å². The van der Waals surface area contributed by atoms with Crippen molar-refractivity contribution in [2.75, 3.05) is 6.54 Å². The third-order valence-electron chi connectivity index (χ3n) is 6.83. The molecule has 1 atom stereocenters. The van der Waals surface area contributed by atoms with Gasteiger partial charge in [0.25, 0.3) is 0 Å². The minimum atomic E-state index is 0.183. The standard InChI is InChI=1S/C26H31N7/c27-16-20(19-4-2-1-3-5-19)15-25-30-11-10-22(32-25)24-17-31-26-23(29-12-13-33(24)26)14-18-6-8-21(28)9-7-18/h1-5,10-13,17-18,20-21H,6-9,14-16,27-28H2. The molecule has 0 amide bonds.